The Labute approximate surface area is 317 Å². The number of carboxylic acid groups (broad SMARTS) is 1. The molecule has 1 N–H and O–H groups in total. The first kappa shape index (κ1) is 35.2. The minimum atomic E-state index is -2.66. The van der Waals surface area contributed by atoms with Crippen LogP contribution in [0.5, 0.6) is 0 Å². The lowest BCUT2D eigenvalue weighted by molar-refractivity contribution is -0.129. The van der Waals surface area contributed by atoms with E-state index in [1.165, 1.54) is 11.3 Å². The number of hydrogen-bond acceptors (Lipinski definition) is 7. The van der Waals surface area contributed by atoms with Gasteiger partial charge < -0.3 is 19.8 Å². The largest absolute Gasteiger partial charge is 0.478 e. The molecule has 286 valence electrons. The summed E-state index contributed by atoms with van der Waals surface area (Å²) in [5.41, 5.74) is 8.93. The maximum Gasteiger partial charge on any atom is 0.335 e. The summed E-state index contributed by atoms with van der Waals surface area (Å²) in [6, 6.07) is 11.1. The van der Waals surface area contributed by atoms with E-state index in [4.69, 9.17) is 10.2 Å². The number of rotatable bonds is 7. The number of hydrogen-bond donors (Lipinski definition) is 1. The van der Waals surface area contributed by atoms with Gasteiger partial charge in [0.25, 0.3) is 6.43 Å². The molecule has 6 heterocycles. The van der Waals surface area contributed by atoms with Crippen molar-refractivity contribution in [2.75, 3.05) is 36.0 Å². The second-order valence-corrected chi connectivity index (χ2v) is 15.4. The van der Waals surface area contributed by atoms with Crippen LogP contribution in [0.3, 0.4) is 0 Å². The van der Waals surface area contributed by atoms with Crippen LogP contribution >= 0.6 is 0 Å². The number of carbonyl (C=O) groups excluding carboxylic acids is 1. The fourth-order valence-electron chi connectivity index (χ4n) is 9.31. The third kappa shape index (κ3) is 6.34. The van der Waals surface area contributed by atoms with Crippen LogP contribution in [0.1, 0.15) is 95.1 Å². The maximum atomic E-state index is 14.7. The first-order valence-corrected chi connectivity index (χ1v) is 19.3. The number of benzene rings is 2. The Kier molecular flexibility index (Phi) is 8.93. The van der Waals surface area contributed by atoms with Crippen LogP contribution in [0.4, 0.5) is 26.0 Å². The predicted molar refractivity (Wildman–Crippen MR) is 203 cm³/mol. The minimum Gasteiger partial charge on any atom is -0.478 e. The van der Waals surface area contributed by atoms with Crippen LogP contribution in [0.15, 0.2) is 55.0 Å². The fourth-order valence-corrected chi connectivity index (χ4v) is 9.31. The van der Waals surface area contributed by atoms with Gasteiger partial charge in [0.05, 0.1) is 36.6 Å². The number of aromatic carboxylic acids is 1. The van der Waals surface area contributed by atoms with E-state index in [0.717, 1.165) is 92.0 Å². The van der Waals surface area contributed by atoms with Gasteiger partial charge >= 0.3 is 5.97 Å². The summed E-state index contributed by atoms with van der Waals surface area (Å²) in [6.45, 7) is 5.06. The molecule has 0 spiro atoms. The van der Waals surface area contributed by atoms with Crippen molar-refractivity contribution < 1.29 is 23.5 Å². The van der Waals surface area contributed by atoms with Crippen molar-refractivity contribution in [1.82, 2.24) is 34.2 Å². The van der Waals surface area contributed by atoms with Crippen molar-refractivity contribution in [3.63, 3.8) is 0 Å². The summed E-state index contributed by atoms with van der Waals surface area (Å²) in [4.78, 5) is 30.2. The van der Waals surface area contributed by atoms with E-state index in [1.54, 1.807) is 49.2 Å². The van der Waals surface area contributed by atoms with E-state index >= 15 is 0 Å². The highest BCUT2D eigenvalue weighted by molar-refractivity contribution is 5.88. The molecule has 0 radical (unpaired) electrons. The lowest BCUT2D eigenvalue weighted by Gasteiger charge is -2.35. The van der Waals surface area contributed by atoms with Gasteiger partial charge in [-0.25, -0.2) is 13.6 Å². The number of aryl methyl sites for hydroxylation is 2. The van der Waals surface area contributed by atoms with Crippen LogP contribution in [-0.2, 0) is 44.1 Å². The first-order valence-electron chi connectivity index (χ1n) is 19.3. The fraction of sp³-hybridized carbons (Fsp3) is 0.439. The SMILES string of the molecule is CC(=O)N1CCc2c(c(N3CCCc4cc(-c5cnn(C)c5)c(C(F)F)cc43)nn2C2CCc3c(cnn3C3CCN(c4ccc(C(=O)O)cc4)CC3)C2)C1. The number of anilines is 3. The lowest BCUT2D eigenvalue weighted by atomic mass is 9.92. The Balaban J connectivity index is 0.991. The monoisotopic (exact) mass is 749 g/mol. The molecule has 1 fully saturated rings. The summed E-state index contributed by atoms with van der Waals surface area (Å²) in [5, 5.41) is 23.8. The van der Waals surface area contributed by atoms with Gasteiger partial charge in [-0.3, -0.25) is 18.8 Å². The lowest BCUT2D eigenvalue weighted by Crippen LogP contribution is -2.36. The number of aromatic nitrogens is 6. The van der Waals surface area contributed by atoms with Crippen LogP contribution in [0.2, 0.25) is 0 Å². The van der Waals surface area contributed by atoms with Crippen LogP contribution in [0, 0.1) is 0 Å². The van der Waals surface area contributed by atoms with Crippen LogP contribution < -0.4 is 9.80 Å². The third-order valence-electron chi connectivity index (χ3n) is 12.2. The highest BCUT2D eigenvalue weighted by Crippen LogP contribution is 2.44. The Hall–Kier alpha value is -5.53. The zero-order valence-electron chi connectivity index (χ0n) is 31.2. The number of carbonyl (C=O) groups is 2. The molecule has 4 aliphatic rings. The summed E-state index contributed by atoms with van der Waals surface area (Å²) in [6.07, 6.45) is 9.58. The van der Waals surface area contributed by atoms with E-state index in [1.807, 2.05) is 29.3 Å². The standard InChI is InChI=1S/C41H45F2N9O3/c1-25(53)49-17-13-37-35(24-49)40(50-14-3-4-27-19-33(29-22-44-47(2)23-29)34(39(42)43)20-38(27)50)46-52(37)32-9-10-36-28(18-32)21-45-51(36)31-11-15-48(16-12-31)30-7-5-26(6-8-30)41(54)55/h5-8,19-23,31-32,39H,3-4,9-18,24H2,1-2H3,(H,54,55). The van der Waals surface area contributed by atoms with Gasteiger partial charge in [-0.2, -0.15) is 15.3 Å². The van der Waals surface area contributed by atoms with Crippen molar-refractivity contribution in [3.8, 4) is 11.1 Å². The topological polar surface area (TPSA) is 118 Å². The number of piperidine rings is 1. The second-order valence-electron chi connectivity index (χ2n) is 15.4. The van der Waals surface area contributed by atoms with Crippen LogP contribution in [-0.4, -0.2) is 77.4 Å². The molecule has 9 rings (SSSR count). The van der Waals surface area contributed by atoms with Crippen molar-refractivity contribution in [3.05, 3.63) is 94.2 Å². The molecule has 3 aliphatic heterocycles. The molecule has 14 heteroatoms. The average Bonchev–Trinajstić information content (AvgIpc) is 3.93. The quantitative estimate of drug-likeness (QED) is 0.196. The molecule has 2 aromatic carbocycles. The molecular formula is C41H45F2N9O3. The zero-order valence-corrected chi connectivity index (χ0v) is 31.2. The highest BCUT2D eigenvalue weighted by Gasteiger charge is 2.36. The number of amides is 1. The van der Waals surface area contributed by atoms with Crippen molar-refractivity contribution in [2.45, 2.75) is 83.3 Å². The zero-order chi connectivity index (χ0) is 38.0. The Morgan fingerprint density at radius 3 is 2.38 bits per heavy atom. The number of carboxylic acids is 1. The summed E-state index contributed by atoms with van der Waals surface area (Å²) in [7, 11) is 1.79. The van der Waals surface area contributed by atoms with Gasteiger partial charge in [0.2, 0.25) is 5.91 Å². The highest BCUT2D eigenvalue weighted by atomic mass is 19.3. The molecule has 1 unspecified atom stereocenters. The van der Waals surface area contributed by atoms with E-state index in [0.29, 0.717) is 48.8 Å². The average molecular weight is 750 g/mol. The number of halogens is 2. The molecule has 5 aromatic rings. The molecule has 1 amide bonds. The van der Waals surface area contributed by atoms with Gasteiger partial charge in [-0.05, 0) is 98.0 Å². The van der Waals surface area contributed by atoms with Gasteiger partial charge in [-0.1, -0.05) is 0 Å². The van der Waals surface area contributed by atoms with Gasteiger partial charge in [-0.15, -0.1) is 0 Å². The molecule has 0 bridgehead atoms. The third-order valence-corrected chi connectivity index (χ3v) is 12.2. The number of alkyl halides is 2. The smallest absolute Gasteiger partial charge is 0.335 e. The van der Waals surface area contributed by atoms with E-state index in [2.05, 4.69) is 24.3 Å². The second kappa shape index (κ2) is 14.0. The first-order chi connectivity index (χ1) is 26.6. The predicted octanol–water partition coefficient (Wildman–Crippen LogP) is 6.68. The normalized spacial score (nSPS) is 18.7. The van der Waals surface area contributed by atoms with E-state index in [9.17, 15) is 23.5 Å². The van der Waals surface area contributed by atoms with Crippen molar-refractivity contribution in [2.24, 2.45) is 7.05 Å². The molecule has 1 saturated heterocycles. The molecular weight excluding hydrogens is 705 g/mol. The van der Waals surface area contributed by atoms with Crippen molar-refractivity contribution in [1.29, 1.82) is 0 Å². The van der Waals surface area contributed by atoms with Gasteiger partial charge in [0, 0.05) is 92.2 Å². The Morgan fingerprint density at radius 1 is 0.873 bits per heavy atom. The number of fused-ring (bicyclic) bond motifs is 3. The van der Waals surface area contributed by atoms with E-state index < -0.39 is 12.4 Å². The molecule has 55 heavy (non-hydrogen) atoms. The Morgan fingerprint density at radius 2 is 1.67 bits per heavy atom. The summed E-state index contributed by atoms with van der Waals surface area (Å²) >= 11 is 0. The van der Waals surface area contributed by atoms with Crippen LogP contribution in [0.25, 0.3) is 11.1 Å². The molecule has 1 aliphatic carbocycles. The van der Waals surface area contributed by atoms with Gasteiger partial charge in [0.1, 0.15) is 0 Å². The van der Waals surface area contributed by atoms with Crippen molar-refractivity contribution >= 4 is 29.1 Å². The molecule has 1 atom stereocenters. The summed E-state index contributed by atoms with van der Waals surface area (Å²) < 4.78 is 35.5. The maximum absolute atomic E-state index is 14.7. The Bertz CT molecular complexity index is 2270. The minimum absolute atomic E-state index is 0.0149. The van der Waals surface area contributed by atoms with Gasteiger partial charge in [0.15, 0.2) is 5.82 Å². The molecule has 12 nitrogen and oxygen atoms in total. The van der Waals surface area contributed by atoms with E-state index in [-0.39, 0.29) is 17.5 Å². The molecule has 3 aromatic heterocycles. The number of nitrogens with zero attached hydrogens (tertiary/aromatic N) is 9. The molecule has 0 saturated carbocycles. The summed E-state index contributed by atoms with van der Waals surface area (Å²) in [5.74, 6) is -0.138.